The summed E-state index contributed by atoms with van der Waals surface area (Å²) in [5.41, 5.74) is 4.51. The van der Waals surface area contributed by atoms with Crippen molar-refractivity contribution in [1.82, 2.24) is 14.5 Å². The van der Waals surface area contributed by atoms with Gasteiger partial charge < -0.3 is 14.2 Å². The van der Waals surface area contributed by atoms with Crippen LogP contribution in [0.1, 0.15) is 37.0 Å². The number of hydrogen-bond donors (Lipinski definition) is 0. The van der Waals surface area contributed by atoms with E-state index in [1.54, 1.807) is 19.5 Å². The lowest BCUT2D eigenvalue weighted by Crippen LogP contribution is -2.33. The molecule has 0 bridgehead atoms. The van der Waals surface area contributed by atoms with Crippen LogP contribution in [0.25, 0.3) is 11.0 Å². The zero-order valence-corrected chi connectivity index (χ0v) is 23.1. The van der Waals surface area contributed by atoms with Crippen LogP contribution in [0.3, 0.4) is 0 Å². The van der Waals surface area contributed by atoms with Crippen molar-refractivity contribution in [2.75, 3.05) is 24.0 Å². The highest BCUT2D eigenvalue weighted by Gasteiger charge is 2.46. The fourth-order valence-corrected chi connectivity index (χ4v) is 4.41. The molecule has 4 aromatic rings. The molecule has 5 rings (SSSR count). The summed E-state index contributed by atoms with van der Waals surface area (Å²) in [4.78, 5) is 26.4. The number of ether oxygens (including phenoxy) is 1. The SMILES string of the molecule is CC.COc1ccc(CN(C(=O)[C@H]2C[C@H]2F)c2nc(N(C)c3cc(C#N)ccc3C)cc3c2ncn3C)cc1. The van der Waals surface area contributed by atoms with Crippen LogP contribution in [0.15, 0.2) is 54.9 Å². The molecule has 2 aromatic carbocycles. The molecule has 2 aromatic heterocycles. The third kappa shape index (κ3) is 5.55. The molecular weight excluding hydrogens is 495 g/mol. The van der Waals surface area contributed by atoms with Crippen LogP contribution in [-0.4, -0.2) is 40.8 Å². The van der Waals surface area contributed by atoms with Crippen molar-refractivity contribution in [3.8, 4) is 11.8 Å². The smallest absolute Gasteiger partial charge is 0.234 e. The maximum atomic E-state index is 14.1. The molecule has 39 heavy (non-hydrogen) atoms. The molecule has 0 aliphatic heterocycles. The summed E-state index contributed by atoms with van der Waals surface area (Å²) in [7, 11) is 5.33. The normalized spacial score (nSPS) is 15.6. The maximum Gasteiger partial charge on any atom is 0.234 e. The highest BCUT2D eigenvalue weighted by atomic mass is 19.1. The zero-order chi connectivity index (χ0) is 28.3. The number of imidazole rings is 1. The van der Waals surface area contributed by atoms with Gasteiger partial charge in [0, 0.05) is 25.8 Å². The first-order chi connectivity index (χ1) is 18.8. The molecule has 8 nitrogen and oxygen atoms in total. The topological polar surface area (TPSA) is 87.3 Å². The minimum Gasteiger partial charge on any atom is -0.497 e. The van der Waals surface area contributed by atoms with E-state index in [0.29, 0.717) is 28.5 Å². The summed E-state index contributed by atoms with van der Waals surface area (Å²) in [5.74, 6) is 0.648. The quantitative estimate of drug-likeness (QED) is 0.299. The van der Waals surface area contributed by atoms with Gasteiger partial charge >= 0.3 is 0 Å². The number of amides is 1. The predicted octanol–water partition coefficient (Wildman–Crippen LogP) is 5.84. The highest BCUT2D eigenvalue weighted by molar-refractivity contribution is 6.03. The van der Waals surface area contributed by atoms with Gasteiger partial charge in [0.25, 0.3) is 0 Å². The molecule has 0 N–H and O–H groups in total. The standard InChI is InChI=1S/C28H27FN6O2.C2H6/c1-17-5-6-19(14-30)11-23(17)34(3)25-13-24-26(31-16-33(24)2)27(32-25)35(28(36)21-12-22(21)29)15-18-7-9-20(37-4)10-8-18;1-2/h5-11,13,16,21-22H,12,15H2,1-4H3;1-2H3/t21-,22+;/m0./s1. The number of nitrogens with zero attached hydrogens (tertiary/aromatic N) is 6. The number of rotatable bonds is 7. The third-order valence-electron chi connectivity index (χ3n) is 6.78. The van der Waals surface area contributed by atoms with Gasteiger partial charge in [-0.25, -0.2) is 14.4 Å². The van der Waals surface area contributed by atoms with E-state index in [4.69, 9.17) is 9.72 Å². The van der Waals surface area contributed by atoms with Gasteiger partial charge in [-0.2, -0.15) is 5.26 Å². The molecule has 2 atom stereocenters. The second-order valence-electron chi connectivity index (χ2n) is 9.33. The van der Waals surface area contributed by atoms with Crippen molar-refractivity contribution in [2.45, 2.75) is 39.9 Å². The number of aromatic nitrogens is 3. The number of halogens is 1. The average molecular weight is 529 g/mol. The fourth-order valence-electron chi connectivity index (χ4n) is 4.41. The maximum absolute atomic E-state index is 14.1. The number of benzene rings is 2. The first-order valence-corrected chi connectivity index (χ1v) is 13.0. The number of aryl methyl sites for hydroxylation is 2. The van der Waals surface area contributed by atoms with Crippen molar-refractivity contribution in [1.29, 1.82) is 5.26 Å². The molecule has 0 spiro atoms. The Hall–Kier alpha value is -4.45. The molecular formula is C30H33FN6O2. The minimum atomic E-state index is -1.15. The van der Waals surface area contributed by atoms with Crippen LogP contribution >= 0.6 is 0 Å². The number of nitriles is 1. The summed E-state index contributed by atoms with van der Waals surface area (Å²) in [6.07, 6.45) is 0.738. The van der Waals surface area contributed by atoms with Crippen molar-refractivity contribution < 1.29 is 13.9 Å². The lowest BCUT2D eigenvalue weighted by Gasteiger charge is -2.26. The van der Waals surface area contributed by atoms with Crippen molar-refractivity contribution in [2.24, 2.45) is 13.0 Å². The van der Waals surface area contributed by atoms with Crippen LogP contribution < -0.4 is 14.5 Å². The average Bonchev–Trinajstić information content (AvgIpc) is 3.59. The number of carbonyl (C=O) groups excluding carboxylic acids is 1. The monoisotopic (exact) mass is 528 g/mol. The predicted molar refractivity (Wildman–Crippen MR) is 151 cm³/mol. The summed E-state index contributed by atoms with van der Waals surface area (Å²) < 4.78 is 21.2. The van der Waals surface area contributed by atoms with Gasteiger partial charge in [-0.05, 0) is 48.7 Å². The van der Waals surface area contributed by atoms with Gasteiger partial charge in [-0.15, -0.1) is 0 Å². The molecule has 1 saturated carbocycles. The number of alkyl halides is 1. The Morgan fingerprint density at radius 2 is 1.90 bits per heavy atom. The first kappa shape index (κ1) is 27.6. The van der Waals surface area contributed by atoms with E-state index in [2.05, 4.69) is 11.1 Å². The van der Waals surface area contributed by atoms with Crippen LogP contribution in [0.2, 0.25) is 0 Å². The molecule has 0 unspecified atom stereocenters. The van der Waals surface area contributed by atoms with Gasteiger partial charge in [0.05, 0.1) is 43.0 Å². The summed E-state index contributed by atoms with van der Waals surface area (Å²) in [6.45, 7) is 6.17. The van der Waals surface area contributed by atoms with E-state index < -0.39 is 12.1 Å². The zero-order valence-electron chi connectivity index (χ0n) is 23.1. The summed E-state index contributed by atoms with van der Waals surface area (Å²) >= 11 is 0. The minimum absolute atomic E-state index is 0.209. The number of fused-ring (bicyclic) bond motifs is 1. The van der Waals surface area contributed by atoms with Gasteiger partial charge in [0.1, 0.15) is 23.3 Å². The summed E-state index contributed by atoms with van der Waals surface area (Å²) in [6, 6.07) is 17.0. The van der Waals surface area contributed by atoms with Crippen LogP contribution in [-0.2, 0) is 18.4 Å². The Balaban J connectivity index is 0.00000172. The third-order valence-corrected chi connectivity index (χ3v) is 6.78. The van der Waals surface area contributed by atoms with E-state index in [9.17, 15) is 14.4 Å². The molecule has 1 aliphatic carbocycles. The second-order valence-corrected chi connectivity index (χ2v) is 9.33. The van der Waals surface area contributed by atoms with Gasteiger partial charge in [0.15, 0.2) is 5.82 Å². The number of anilines is 3. The highest BCUT2D eigenvalue weighted by Crippen LogP contribution is 2.39. The van der Waals surface area contributed by atoms with Crippen molar-refractivity contribution in [3.05, 3.63) is 71.5 Å². The molecule has 0 saturated heterocycles. The Bertz CT molecular complexity index is 1530. The molecule has 1 fully saturated rings. The van der Waals surface area contributed by atoms with Crippen LogP contribution in [0, 0.1) is 24.2 Å². The number of methoxy groups -OCH3 is 1. The first-order valence-electron chi connectivity index (χ1n) is 13.0. The Morgan fingerprint density at radius 1 is 1.21 bits per heavy atom. The van der Waals surface area contributed by atoms with Gasteiger partial charge in [-0.3, -0.25) is 9.69 Å². The van der Waals surface area contributed by atoms with E-state index >= 15 is 0 Å². The molecule has 9 heteroatoms. The molecule has 2 heterocycles. The number of carbonyl (C=O) groups is 1. The lowest BCUT2D eigenvalue weighted by atomic mass is 10.1. The Labute approximate surface area is 228 Å². The molecule has 1 aliphatic rings. The van der Waals surface area contributed by atoms with E-state index in [1.807, 2.05) is 86.8 Å². The van der Waals surface area contributed by atoms with Crippen LogP contribution in [0.4, 0.5) is 21.7 Å². The van der Waals surface area contributed by atoms with Gasteiger partial charge in [0.2, 0.25) is 5.91 Å². The lowest BCUT2D eigenvalue weighted by molar-refractivity contribution is -0.120. The van der Waals surface area contributed by atoms with E-state index in [0.717, 1.165) is 22.3 Å². The van der Waals surface area contributed by atoms with Crippen molar-refractivity contribution in [3.63, 3.8) is 0 Å². The fraction of sp³-hybridized carbons (Fsp3) is 0.333. The number of hydrogen-bond acceptors (Lipinski definition) is 6. The molecule has 1 amide bonds. The van der Waals surface area contributed by atoms with Gasteiger partial charge in [-0.1, -0.05) is 32.0 Å². The summed E-state index contributed by atoms with van der Waals surface area (Å²) in [5, 5.41) is 9.41. The van der Waals surface area contributed by atoms with E-state index in [1.165, 1.54) is 4.90 Å². The Morgan fingerprint density at radius 3 is 2.51 bits per heavy atom. The largest absolute Gasteiger partial charge is 0.497 e. The number of pyridine rings is 1. The molecule has 202 valence electrons. The van der Waals surface area contributed by atoms with Crippen molar-refractivity contribution >= 4 is 34.3 Å². The van der Waals surface area contributed by atoms with Crippen LogP contribution in [0.5, 0.6) is 5.75 Å². The Kier molecular flexibility index (Phi) is 8.15. The second kappa shape index (κ2) is 11.5. The molecule has 0 radical (unpaired) electrons. The van der Waals surface area contributed by atoms with E-state index in [-0.39, 0.29) is 18.9 Å².